The molecule has 1 N–H and O–H groups in total. The van der Waals surface area contributed by atoms with Gasteiger partial charge in [-0.3, -0.25) is 4.90 Å². The van der Waals surface area contributed by atoms with Gasteiger partial charge in [0.15, 0.2) is 0 Å². The Morgan fingerprint density at radius 1 is 0.950 bits per heavy atom. The van der Waals surface area contributed by atoms with E-state index in [1.165, 1.54) is 38.8 Å². The van der Waals surface area contributed by atoms with Crippen molar-refractivity contribution in [2.75, 3.05) is 26.7 Å². The topological polar surface area (TPSA) is 26.7 Å². The second-order valence-corrected chi connectivity index (χ2v) is 7.92. The van der Waals surface area contributed by atoms with Gasteiger partial charge in [-0.15, -0.1) is 0 Å². The third-order valence-electron chi connectivity index (χ3n) is 6.34. The summed E-state index contributed by atoms with van der Waals surface area (Å²) in [6.45, 7) is 8.12. The van der Waals surface area contributed by atoms with Gasteiger partial charge in [0.05, 0.1) is 6.10 Å². The molecule has 116 valence electrons. The van der Waals surface area contributed by atoms with Gasteiger partial charge in [0.2, 0.25) is 0 Å². The van der Waals surface area contributed by atoms with Crippen LogP contribution >= 0.6 is 0 Å². The van der Waals surface area contributed by atoms with Gasteiger partial charge >= 0.3 is 0 Å². The maximum atomic E-state index is 9.80. The van der Waals surface area contributed by atoms with E-state index in [1.54, 1.807) is 0 Å². The monoisotopic (exact) mass is 280 g/mol. The lowest BCUT2D eigenvalue weighted by atomic mass is 9.69. The number of piperidine rings is 1. The highest BCUT2D eigenvalue weighted by Gasteiger charge is 2.38. The molecule has 3 fully saturated rings. The van der Waals surface area contributed by atoms with E-state index in [0.29, 0.717) is 6.04 Å². The molecular formula is C17H32N2O. The number of rotatable bonds is 2. The van der Waals surface area contributed by atoms with Crippen LogP contribution in [0.5, 0.6) is 0 Å². The summed E-state index contributed by atoms with van der Waals surface area (Å²) in [7, 11) is 2.29. The Labute approximate surface area is 124 Å². The number of nitrogens with zero attached hydrogens (tertiary/aromatic N) is 2. The quantitative estimate of drug-likeness (QED) is 0.840. The SMILES string of the molecule is CC1CC(O)CN1C[C@H]1CC[C@H]2CN(C)[C@H](C)C[C@H]2C1. The smallest absolute Gasteiger partial charge is 0.0682 e. The van der Waals surface area contributed by atoms with Crippen LogP contribution in [-0.4, -0.2) is 59.8 Å². The first-order chi connectivity index (χ1) is 9.52. The van der Waals surface area contributed by atoms with Crippen LogP contribution in [-0.2, 0) is 0 Å². The molecule has 3 nitrogen and oxygen atoms in total. The number of aliphatic hydroxyl groups is 1. The second kappa shape index (κ2) is 5.94. The number of likely N-dealkylation sites (tertiary alicyclic amines) is 2. The van der Waals surface area contributed by atoms with Gasteiger partial charge in [0, 0.05) is 31.7 Å². The molecule has 0 aromatic heterocycles. The zero-order chi connectivity index (χ0) is 14.3. The summed E-state index contributed by atoms with van der Waals surface area (Å²) in [6, 6.07) is 1.35. The van der Waals surface area contributed by atoms with Crippen molar-refractivity contribution in [3.05, 3.63) is 0 Å². The van der Waals surface area contributed by atoms with Crippen molar-refractivity contribution >= 4 is 0 Å². The summed E-state index contributed by atoms with van der Waals surface area (Å²) in [5.41, 5.74) is 0. The Morgan fingerprint density at radius 3 is 2.45 bits per heavy atom. The Bertz CT molecular complexity index is 335. The van der Waals surface area contributed by atoms with Gasteiger partial charge < -0.3 is 10.0 Å². The number of hydrogen-bond acceptors (Lipinski definition) is 3. The Morgan fingerprint density at radius 2 is 1.75 bits per heavy atom. The second-order valence-electron chi connectivity index (χ2n) is 7.92. The fraction of sp³-hybridized carbons (Fsp3) is 1.00. The molecule has 2 heterocycles. The third-order valence-corrected chi connectivity index (χ3v) is 6.34. The summed E-state index contributed by atoms with van der Waals surface area (Å²) in [5.74, 6) is 2.79. The van der Waals surface area contributed by atoms with Gasteiger partial charge in [-0.2, -0.15) is 0 Å². The zero-order valence-corrected chi connectivity index (χ0v) is 13.5. The van der Waals surface area contributed by atoms with Gasteiger partial charge in [0.1, 0.15) is 0 Å². The summed E-state index contributed by atoms with van der Waals surface area (Å²) < 4.78 is 0. The molecule has 3 aliphatic rings. The van der Waals surface area contributed by atoms with Crippen LogP contribution in [0.1, 0.15) is 46.0 Å². The largest absolute Gasteiger partial charge is 0.392 e. The average molecular weight is 280 g/mol. The minimum absolute atomic E-state index is 0.0790. The first kappa shape index (κ1) is 14.8. The molecule has 0 radical (unpaired) electrons. The number of fused-ring (bicyclic) bond motifs is 1. The van der Waals surface area contributed by atoms with Crippen molar-refractivity contribution in [2.24, 2.45) is 17.8 Å². The molecule has 0 aromatic carbocycles. The van der Waals surface area contributed by atoms with Crippen LogP contribution < -0.4 is 0 Å². The number of aliphatic hydroxyl groups excluding tert-OH is 1. The molecule has 1 aliphatic carbocycles. The Balaban J connectivity index is 1.53. The van der Waals surface area contributed by atoms with Crippen LogP contribution in [0.2, 0.25) is 0 Å². The first-order valence-corrected chi connectivity index (χ1v) is 8.65. The normalized spacial score (nSPS) is 47.4. The minimum atomic E-state index is -0.0790. The molecule has 3 heteroatoms. The molecule has 20 heavy (non-hydrogen) atoms. The highest BCUT2D eigenvalue weighted by atomic mass is 16.3. The molecular weight excluding hydrogens is 248 g/mol. The summed E-state index contributed by atoms with van der Waals surface area (Å²) in [5, 5.41) is 9.80. The van der Waals surface area contributed by atoms with E-state index >= 15 is 0 Å². The fourth-order valence-electron chi connectivity index (χ4n) is 4.94. The van der Waals surface area contributed by atoms with E-state index < -0.39 is 0 Å². The van der Waals surface area contributed by atoms with Gasteiger partial charge in [-0.05, 0) is 70.8 Å². The van der Waals surface area contributed by atoms with Crippen molar-refractivity contribution < 1.29 is 5.11 Å². The Kier molecular flexibility index (Phi) is 4.40. The van der Waals surface area contributed by atoms with E-state index in [1.807, 2.05) is 0 Å². The summed E-state index contributed by atoms with van der Waals surface area (Å²) in [6.07, 6.45) is 6.56. The lowest BCUT2D eigenvalue weighted by Gasteiger charge is -2.46. The lowest BCUT2D eigenvalue weighted by molar-refractivity contribution is 0.0360. The van der Waals surface area contributed by atoms with Crippen molar-refractivity contribution in [1.29, 1.82) is 0 Å². The third kappa shape index (κ3) is 3.05. The lowest BCUT2D eigenvalue weighted by Crippen LogP contribution is -2.47. The van der Waals surface area contributed by atoms with Crippen LogP contribution in [0.25, 0.3) is 0 Å². The molecule has 0 bridgehead atoms. The predicted molar refractivity (Wildman–Crippen MR) is 82.7 cm³/mol. The van der Waals surface area contributed by atoms with Gasteiger partial charge in [-0.25, -0.2) is 0 Å². The van der Waals surface area contributed by atoms with Crippen molar-refractivity contribution in [1.82, 2.24) is 9.80 Å². The molecule has 2 unspecified atom stereocenters. The number of hydrogen-bond donors (Lipinski definition) is 1. The molecule has 6 atom stereocenters. The molecule has 2 aliphatic heterocycles. The van der Waals surface area contributed by atoms with Crippen LogP contribution in [0.3, 0.4) is 0 Å². The van der Waals surface area contributed by atoms with Gasteiger partial charge in [0.25, 0.3) is 0 Å². The standard InChI is InChI=1S/C17H32N2O/c1-12-6-16-8-14(4-5-15(16)10-18(12)3)9-19-11-17(20)7-13(19)2/h12-17,20H,4-11H2,1-3H3/t12-,13?,14+,15+,16+,17?/m1/s1. The molecule has 2 saturated heterocycles. The van der Waals surface area contributed by atoms with Crippen LogP contribution in [0, 0.1) is 17.8 Å². The van der Waals surface area contributed by atoms with Crippen LogP contribution in [0.15, 0.2) is 0 Å². The average Bonchev–Trinajstić information content (AvgIpc) is 2.70. The molecule has 0 amide bonds. The fourth-order valence-corrected chi connectivity index (χ4v) is 4.94. The zero-order valence-electron chi connectivity index (χ0n) is 13.5. The van der Waals surface area contributed by atoms with E-state index in [9.17, 15) is 5.11 Å². The highest BCUT2D eigenvalue weighted by molar-refractivity contribution is 4.91. The van der Waals surface area contributed by atoms with E-state index in [-0.39, 0.29) is 6.10 Å². The van der Waals surface area contributed by atoms with Crippen molar-refractivity contribution in [2.45, 2.75) is 64.1 Å². The molecule has 0 spiro atoms. The summed E-state index contributed by atoms with van der Waals surface area (Å²) in [4.78, 5) is 5.09. The maximum absolute atomic E-state index is 9.80. The van der Waals surface area contributed by atoms with Gasteiger partial charge in [-0.1, -0.05) is 0 Å². The number of β-amino-alcohol motifs (C(OH)–C–C–N with tert-alkyl or cyclic N) is 1. The predicted octanol–water partition coefficient (Wildman–Crippen LogP) is 2.20. The molecule has 1 saturated carbocycles. The van der Waals surface area contributed by atoms with Crippen molar-refractivity contribution in [3.8, 4) is 0 Å². The summed E-state index contributed by atoms with van der Waals surface area (Å²) >= 11 is 0. The molecule has 3 rings (SSSR count). The van der Waals surface area contributed by atoms with E-state index in [0.717, 1.165) is 36.8 Å². The maximum Gasteiger partial charge on any atom is 0.0682 e. The minimum Gasteiger partial charge on any atom is -0.392 e. The first-order valence-electron chi connectivity index (χ1n) is 8.65. The molecule has 0 aromatic rings. The van der Waals surface area contributed by atoms with Crippen molar-refractivity contribution in [3.63, 3.8) is 0 Å². The van der Waals surface area contributed by atoms with E-state index in [2.05, 4.69) is 30.7 Å². The Hall–Kier alpha value is -0.120. The van der Waals surface area contributed by atoms with Crippen LogP contribution in [0.4, 0.5) is 0 Å². The van der Waals surface area contributed by atoms with E-state index in [4.69, 9.17) is 0 Å². The highest BCUT2D eigenvalue weighted by Crippen LogP contribution is 2.41.